The number of rotatable bonds is 6. The van der Waals surface area contributed by atoms with E-state index in [0.29, 0.717) is 54.4 Å². The Morgan fingerprint density at radius 1 is 0.909 bits per heavy atom. The van der Waals surface area contributed by atoms with E-state index in [2.05, 4.69) is 5.32 Å². The molecule has 0 bridgehead atoms. The third kappa shape index (κ3) is 5.49. The van der Waals surface area contributed by atoms with Gasteiger partial charge in [-0.05, 0) is 73.5 Å². The lowest BCUT2D eigenvalue weighted by atomic mass is 9.95. The van der Waals surface area contributed by atoms with Crippen LogP contribution in [0.4, 0.5) is 10.1 Å². The number of anilines is 1. The molecule has 0 unspecified atom stereocenters. The third-order valence-corrected chi connectivity index (χ3v) is 5.66. The van der Waals surface area contributed by atoms with Gasteiger partial charge >= 0.3 is 0 Å². The maximum atomic E-state index is 13.1. The highest BCUT2D eigenvalue weighted by Gasteiger charge is 2.28. The number of carbonyl (C=O) groups excluding carboxylic acids is 2. The summed E-state index contributed by atoms with van der Waals surface area (Å²) in [6.45, 7) is 0.972. The number of para-hydroxylation sites is 2. The molecule has 7 heteroatoms. The highest BCUT2D eigenvalue weighted by atomic mass is 19.1. The summed E-state index contributed by atoms with van der Waals surface area (Å²) in [5, 5.41) is 2.94. The Morgan fingerprint density at radius 2 is 1.55 bits per heavy atom. The Bertz CT molecular complexity index is 1110. The molecule has 1 N–H and O–H groups in total. The number of carbonyl (C=O) groups is 2. The van der Waals surface area contributed by atoms with Crippen LogP contribution in [0.1, 0.15) is 23.2 Å². The van der Waals surface area contributed by atoms with E-state index < -0.39 is 0 Å². The number of amides is 2. The van der Waals surface area contributed by atoms with Gasteiger partial charge in [-0.2, -0.15) is 0 Å². The number of ether oxygens (including phenoxy) is 2. The number of piperidine rings is 1. The van der Waals surface area contributed by atoms with Crippen molar-refractivity contribution in [2.75, 3.05) is 25.5 Å². The summed E-state index contributed by atoms with van der Waals surface area (Å²) in [6.07, 6.45) is 1.15. The van der Waals surface area contributed by atoms with Gasteiger partial charge < -0.3 is 19.7 Å². The Hall–Kier alpha value is -3.87. The summed E-state index contributed by atoms with van der Waals surface area (Å²) in [6, 6.07) is 20.0. The van der Waals surface area contributed by atoms with Crippen LogP contribution in [0.3, 0.4) is 0 Å². The SMILES string of the molecule is COc1ccccc1Oc1ccc(NC(=O)C2CCN(C(=O)c3ccc(F)cc3)CC2)cc1. The van der Waals surface area contributed by atoms with Crippen molar-refractivity contribution in [3.8, 4) is 17.2 Å². The largest absolute Gasteiger partial charge is 0.493 e. The molecule has 1 aliphatic rings. The van der Waals surface area contributed by atoms with Crippen molar-refractivity contribution in [3.63, 3.8) is 0 Å². The Morgan fingerprint density at radius 3 is 2.18 bits per heavy atom. The van der Waals surface area contributed by atoms with Gasteiger partial charge in [0.2, 0.25) is 5.91 Å². The lowest BCUT2D eigenvalue weighted by molar-refractivity contribution is -0.121. The van der Waals surface area contributed by atoms with Gasteiger partial charge in [0.05, 0.1) is 7.11 Å². The molecular weight excluding hydrogens is 423 g/mol. The second kappa shape index (κ2) is 10.2. The molecule has 4 rings (SSSR count). The highest BCUT2D eigenvalue weighted by Crippen LogP contribution is 2.31. The topological polar surface area (TPSA) is 67.9 Å². The van der Waals surface area contributed by atoms with E-state index in [-0.39, 0.29) is 23.5 Å². The Kier molecular flexibility index (Phi) is 6.88. The summed E-state index contributed by atoms with van der Waals surface area (Å²) < 4.78 is 24.2. The summed E-state index contributed by atoms with van der Waals surface area (Å²) in [5.41, 5.74) is 1.13. The van der Waals surface area contributed by atoms with Gasteiger partial charge in [-0.3, -0.25) is 9.59 Å². The number of nitrogens with zero attached hydrogens (tertiary/aromatic N) is 1. The standard InChI is InChI=1S/C26H25FN2O4/c1-32-23-4-2-3-5-24(23)33-22-12-10-21(11-13-22)28-25(30)18-14-16-29(17-15-18)26(31)19-6-8-20(27)9-7-19/h2-13,18H,14-17H2,1H3,(H,28,30). The van der Waals surface area contributed by atoms with Crippen LogP contribution in [-0.4, -0.2) is 36.9 Å². The average Bonchev–Trinajstić information content (AvgIpc) is 2.85. The molecule has 1 heterocycles. The number of likely N-dealkylation sites (tertiary alicyclic amines) is 1. The first-order valence-corrected chi connectivity index (χ1v) is 10.8. The molecule has 0 spiro atoms. The molecular formula is C26H25FN2O4. The average molecular weight is 448 g/mol. The molecule has 0 saturated carbocycles. The normalized spacial score (nSPS) is 13.9. The second-order valence-electron chi connectivity index (χ2n) is 7.84. The molecule has 2 amide bonds. The molecule has 0 radical (unpaired) electrons. The van der Waals surface area contributed by atoms with Crippen LogP contribution in [-0.2, 0) is 4.79 Å². The molecule has 33 heavy (non-hydrogen) atoms. The summed E-state index contributed by atoms with van der Waals surface area (Å²) >= 11 is 0. The van der Waals surface area contributed by atoms with E-state index in [1.54, 1.807) is 36.3 Å². The maximum absolute atomic E-state index is 13.1. The summed E-state index contributed by atoms with van der Waals surface area (Å²) in [4.78, 5) is 27.0. The molecule has 170 valence electrons. The molecule has 0 aromatic heterocycles. The quantitative estimate of drug-likeness (QED) is 0.569. The van der Waals surface area contributed by atoms with E-state index in [4.69, 9.17) is 9.47 Å². The van der Waals surface area contributed by atoms with Crippen LogP contribution in [0.2, 0.25) is 0 Å². The predicted molar refractivity (Wildman–Crippen MR) is 123 cm³/mol. The first-order chi connectivity index (χ1) is 16.0. The van der Waals surface area contributed by atoms with E-state index in [9.17, 15) is 14.0 Å². The van der Waals surface area contributed by atoms with E-state index in [1.165, 1.54) is 24.3 Å². The fourth-order valence-corrected chi connectivity index (χ4v) is 3.80. The molecule has 1 saturated heterocycles. The Labute approximate surface area is 191 Å². The van der Waals surface area contributed by atoms with Crippen molar-refractivity contribution in [2.45, 2.75) is 12.8 Å². The van der Waals surface area contributed by atoms with Crippen molar-refractivity contribution in [1.82, 2.24) is 4.90 Å². The van der Waals surface area contributed by atoms with Crippen molar-refractivity contribution < 1.29 is 23.5 Å². The zero-order chi connectivity index (χ0) is 23.2. The lowest BCUT2D eigenvalue weighted by Gasteiger charge is -2.31. The zero-order valence-corrected chi connectivity index (χ0v) is 18.3. The fraction of sp³-hybridized carbons (Fsp3) is 0.231. The van der Waals surface area contributed by atoms with Crippen LogP contribution < -0.4 is 14.8 Å². The van der Waals surface area contributed by atoms with Crippen LogP contribution in [0.5, 0.6) is 17.2 Å². The molecule has 1 fully saturated rings. The lowest BCUT2D eigenvalue weighted by Crippen LogP contribution is -2.41. The molecule has 0 atom stereocenters. The van der Waals surface area contributed by atoms with Gasteiger partial charge in [0.25, 0.3) is 5.91 Å². The van der Waals surface area contributed by atoms with E-state index in [1.807, 2.05) is 24.3 Å². The van der Waals surface area contributed by atoms with Crippen LogP contribution in [0.25, 0.3) is 0 Å². The van der Waals surface area contributed by atoms with Gasteiger partial charge in [-0.25, -0.2) is 4.39 Å². The zero-order valence-electron chi connectivity index (χ0n) is 18.3. The van der Waals surface area contributed by atoms with Crippen molar-refractivity contribution in [3.05, 3.63) is 84.2 Å². The first kappa shape index (κ1) is 22.3. The van der Waals surface area contributed by atoms with Crippen molar-refractivity contribution in [2.24, 2.45) is 5.92 Å². The third-order valence-electron chi connectivity index (χ3n) is 5.66. The second-order valence-corrected chi connectivity index (χ2v) is 7.84. The molecule has 3 aromatic carbocycles. The minimum atomic E-state index is -0.374. The molecule has 1 aliphatic heterocycles. The van der Waals surface area contributed by atoms with E-state index in [0.717, 1.165) is 0 Å². The molecule has 3 aromatic rings. The minimum Gasteiger partial charge on any atom is -0.493 e. The van der Waals surface area contributed by atoms with Gasteiger partial charge in [0.15, 0.2) is 11.5 Å². The monoisotopic (exact) mass is 448 g/mol. The predicted octanol–water partition coefficient (Wildman–Crippen LogP) is 5.12. The van der Waals surface area contributed by atoms with Gasteiger partial charge in [-0.1, -0.05) is 12.1 Å². The van der Waals surface area contributed by atoms with Gasteiger partial charge in [0, 0.05) is 30.3 Å². The van der Waals surface area contributed by atoms with Crippen LogP contribution in [0.15, 0.2) is 72.8 Å². The van der Waals surface area contributed by atoms with Crippen LogP contribution in [0, 0.1) is 11.7 Å². The maximum Gasteiger partial charge on any atom is 0.253 e. The van der Waals surface area contributed by atoms with Crippen molar-refractivity contribution in [1.29, 1.82) is 0 Å². The van der Waals surface area contributed by atoms with Gasteiger partial charge in [-0.15, -0.1) is 0 Å². The first-order valence-electron chi connectivity index (χ1n) is 10.8. The smallest absolute Gasteiger partial charge is 0.253 e. The molecule has 6 nitrogen and oxygen atoms in total. The van der Waals surface area contributed by atoms with Crippen molar-refractivity contribution >= 4 is 17.5 Å². The highest BCUT2D eigenvalue weighted by molar-refractivity contribution is 5.95. The number of nitrogens with one attached hydrogen (secondary N) is 1. The fourth-order valence-electron chi connectivity index (χ4n) is 3.80. The van der Waals surface area contributed by atoms with E-state index >= 15 is 0 Å². The number of hydrogen-bond acceptors (Lipinski definition) is 4. The molecule has 0 aliphatic carbocycles. The minimum absolute atomic E-state index is 0.0673. The van der Waals surface area contributed by atoms with Gasteiger partial charge in [0.1, 0.15) is 11.6 Å². The van der Waals surface area contributed by atoms with Crippen LogP contribution >= 0.6 is 0 Å². The number of hydrogen-bond donors (Lipinski definition) is 1. The number of methoxy groups -OCH3 is 1. The number of benzene rings is 3. The Balaban J connectivity index is 1.29. The number of halogens is 1. The summed E-state index contributed by atoms with van der Waals surface area (Å²) in [5.74, 6) is 1.12. The summed E-state index contributed by atoms with van der Waals surface area (Å²) in [7, 11) is 1.59.